The van der Waals surface area contributed by atoms with Gasteiger partial charge in [-0.25, -0.2) is 9.59 Å². The normalized spacial score (nSPS) is 16.9. The SMILES string of the molecule is C=CC(O)OC(=O)C(O)C(O)C(=O)OC(O)C=C. The lowest BCUT2D eigenvalue weighted by Crippen LogP contribution is -2.43. The van der Waals surface area contributed by atoms with Gasteiger partial charge >= 0.3 is 11.9 Å². The summed E-state index contributed by atoms with van der Waals surface area (Å²) in [5.74, 6) is -2.92. The Morgan fingerprint density at radius 3 is 1.33 bits per heavy atom. The zero-order chi connectivity index (χ0) is 14.3. The van der Waals surface area contributed by atoms with E-state index in [1.807, 2.05) is 0 Å². The summed E-state index contributed by atoms with van der Waals surface area (Å²) in [4.78, 5) is 22.2. The van der Waals surface area contributed by atoms with Crippen molar-refractivity contribution in [2.45, 2.75) is 24.8 Å². The molecule has 0 heterocycles. The molecule has 8 nitrogen and oxygen atoms in total. The molecule has 4 N–H and O–H groups in total. The zero-order valence-electron chi connectivity index (χ0n) is 9.30. The molecule has 0 aliphatic heterocycles. The van der Waals surface area contributed by atoms with Crippen LogP contribution in [0.4, 0.5) is 0 Å². The fraction of sp³-hybridized carbons (Fsp3) is 0.400. The molecule has 0 aliphatic carbocycles. The van der Waals surface area contributed by atoms with Gasteiger partial charge < -0.3 is 29.9 Å². The molecule has 0 rings (SSSR count). The molecule has 8 heteroatoms. The van der Waals surface area contributed by atoms with Crippen molar-refractivity contribution in [3.8, 4) is 0 Å². The molecule has 4 atom stereocenters. The van der Waals surface area contributed by atoms with Crippen LogP contribution in [0, 0.1) is 0 Å². The summed E-state index contributed by atoms with van der Waals surface area (Å²) in [5, 5.41) is 36.1. The van der Waals surface area contributed by atoms with Gasteiger partial charge in [-0.1, -0.05) is 13.2 Å². The van der Waals surface area contributed by atoms with Crippen LogP contribution in [0.25, 0.3) is 0 Å². The summed E-state index contributed by atoms with van der Waals surface area (Å²) in [6, 6.07) is 0. The maximum atomic E-state index is 11.1. The maximum Gasteiger partial charge on any atom is 0.340 e. The van der Waals surface area contributed by atoms with Crippen molar-refractivity contribution in [1.82, 2.24) is 0 Å². The van der Waals surface area contributed by atoms with Crippen molar-refractivity contribution in [3.05, 3.63) is 25.3 Å². The second-order valence-electron chi connectivity index (χ2n) is 3.02. The van der Waals surface area contributed by atoms with Crippen LogP contribution in [0.3, 0.4) is 0 Å². The lowest BCUT2D eigenvalue weighted by atomic mass is 10.2. The highest BCUT2D eigenvalue weighted by Gasteiger charge is 2.34. The maximum absolute atomic E-state index is 11.1. The second-order valence-corrected chi connectivity index (χ2v) is 3.02. The van der Waals surface area contributed by atoms with E-state index in [2.05, 4.69) is 22.6 Å². The molecule has 0 aromatic carbocycles. The van der Waals surface area contributed by atoms with Crippen LogP contribution >= 0.6 is 0 Å². The average molecular weight is 262 g/mol. The minimum absolute atomic E-state index is 0.844. The fourth-order valence-corrected chi connectivity index (χ4v) is 0.731. The van der Waals surface area contributed by atoms with Crippen molar-refractivity contribution in [2.24, 2.45) is 0 Å². The number of hydrogen-bond acceptors (Lipinski definition) is 8. The monoisotopic (exact) mass is 262 g/mol. The summed E-state index contributed by atoms with van der Waals surface area (Å²) in [6.45, 7) is 6.19. The number of hydrogen-bond donors (Lipinski definition) is 4. The molecule has 0 amide bonds. The standard InChI is InChI=1S/C10H14O8/c1-3-5(11)17-9(15)7(13)8(14)10(16)18-6(12)4-2/h3-8,11-14H,1-2H2. The Balaban J connectivity index is 4.44. The van der Waals surface area contributed by atoms with Crippen LogP contribution in [-0.2, 0) is 19.1 Å². The van der Waals surface area contributed by atoms with Gasteiger partial charge in [0.15, 0.2) is 12.2 Å². The van der Waals surface area contributed by atoms with Crippen LogP contribution in [0.5, 0.6) is 0 Å². The van der Waals surface area contributed by atoms with Gasteiger partial charge in [-0.15, -0.1) is 0 Å². The average Bonchev–Trinajstić information content (AvgIpc) is 2.36. The Labute approximate surface area is 102 Å². The van der Waals surface area contributed by atoms with E-state index in [0.29, 0.717) is 0 Å². The number of rotatable bonds is 7. The lowest BCUT2D eigenvalue weighted by Gasteiger charge is -2.17. The molecule has 0 spiro atoms. The van der Waals surface area contributed by atoms with Crippen LogP contribution in [0.15, 0.2) is 25.3 Å². The van der Waals surface area contributed by atoms with Gasteiger partial charge in [-0.3, -0.25) is 0 Å². The molecular formula is C10H14O8. The molecule has 4 unspecified atom stereocenters. The van der Waals surface area contributed by atoms with E-state index in [4.69, 9.17) is 10.2 Å². The van der Waals surface area contributed by atoms with E-state index in [9.17, 15) is 19.8 Å². The number of esters is 2. The van der Waals surface area contributed by atoms with E-state index in [1.54, 1.807) is 0 Å². The number of aliphatic hydroxyl groups excluding tert-OH is 4. The Morgan fingerprint density at radius 2 is 1.11 bits per heavy atom. The summed E-state index contributed by atoms with van der Waals surface area (Å²) in [6.07, 6.45) is -6.23. The van der Waals surface area contributed by atoms with Gasteiger partial charge in [0, 0.05) is 0 Å². The largest absolute Gasteiger partial charge is 0.430 e. The van der Waals surface area contributed by atoms with Crippen molar-refractivity contribution < 1.29 is 39.5 Å². The van der Waals surface area contributed by atoms with Gasteiger partial charge in [0.1, 0.15) is 0 Å². The second kappa shape index (κ2) is 7.56. The number of ether oxygens (including phenoxy) is 2. The molecule has 0 radical (unpaired) electrons. The Bertz CT molecular complexity index is 294. The lowest BCUT2D eigenvalue weighted by molar-refractivity contribution is -0.190. The predicted octanol–water partition coefficient (Wildman–Crippen LogP) is -2.20. The first-order valence-corrected chi connectivity index (χ1v) is 4.71. The quantitative estimate of drug-likeness (QED) is 0.231. The first kappa shape index (κ1) is 16.3. The van der Waals surface area contributed by atoms with E-state index in [1.165, 1.54) is 0 Å². The Hall–Kier alpha value is -1.74. The summed E-state index contributed by atoms with van der Waals surface area (Å²) < 4.78 is 8.32. The van der Waals surface area contributed by atoms with Crippen LogP contribution < -0.4 is 0 Å². The first-order valence-electron chi connectivity index (χ1n) is 4.71. The minimum atomic E-state index is -2.27. The summed E-state index contributed by atoms with van der Waals surface area (Å²) in [5.41, 5.74) is 0. The zero-order valence-corrected chi connectivity index (χ0v) is 9.30. The molecule has 0 aliphatic rings. The molecular weight excluding hydrogens is 248 g/mol. The van der Waals surface area contributed by atoms with E-state index >= 15 is 0 Å². The summed E-state index contributed by atoms with van der Waals surface area (Å²) >= 11 is 0. The summed E-state index contributed by atoms with van der Waals surface area (Å²) in [7, 11) is 0. The highest BCUT2D eigenvalue weighted by atomic mass is 16.7. The third-order valence-electron chi connectivity index (χ3n) is 1.66. The van der Waals surface area contributed by atoms with Crippen LogP contribution in [0.1, 0.15) is 0 Å². The van der Waals surface area contributed by atoms with Crippen molar-refractivity contribution in [1.29, 1.82) is 0 Å². The topological polar surface area (TPSA) is 134 Å². The van der Waals surface area contributed by atoms with Crippen molar-refractivity contribution in [2.75, 3.05) is 0 Å². The van der Waals surface area contributed by atoms with Crippen LogP contribution in [-0.4, -0.2) is 57.2 Å². The minimum Gasteiger partial charge on any atom is -0.430 e. The molecule has 0 saturated heterocycles. The molecule has 102 valence electrons. The first-order chi connectivity index (χ1) is 8.33. The molecule has 0 aromatic rings. The molecule has 0 saturated carbocycles. The highest BCUT2D eigenvalue weighted by molar-refractivity contribution is 5.85. The van der Waals surface area contributed by atoms with E-state index < -0.39 is 36.7 Å². The third kappa shape index (κ3) is 5.06. The van der Waals surface area contributed by atoms with Gasteiger partial charge in [-0.05, 0) is 12.2 Å². The van der Waals surface area contributed by atoms with E-state index in [-0.39, 0.29) is 0 Å². The van der Waals surface area contributed by atoms with Crippen molar-refractivity contribution >= 4 is 11.9 Å². The highest BCUT2D eigenvalue weighted by Crippen LogP contribution is 2.03. The fourth-order valence-electron chi connectivity index (χ4n) is 0.731. The van der Waals surface area contributed by atoms with Gasteiger partial charge in [0.25, 0.3) is 0 Å². The van der Waals surface area contributed by atoms with Gasteiger partial charge in [-0.2, -0.15) is 0 Å². The third-order valence-corrected chi connectivity index (χ3v) is 1.66. The Kier molecular flexibility index (Phi) is 6.83. The van der Waals surface area contributed by atoms with Crippen LogP contribution in [0.2, 0.25) is 0 Å². The molecule has 0 fully saturated rings. The van der Waals surface area contributed by atoms with E-state index in [0.717, 1.165) is 12.2 Å². The smallest absolute Gasteiger partial charge is 0.340 e. The van der Waals surface area contributed by atoms with Gasteiger partial charge in [0.05, 0.1) is 0 Å². The number of aliphatic hydroxyl groups is 4. The number of carbonyl (C=O) groups excluding carboxylic acids is 2. The Morgan fingerprint density at radius 1 is 0.833 bits per heavy atom. The van der Waals surface area contributed by atoms with Gasteiger partial charge in [0.2, 0.25) is 12.6 Å². The molecule has 0 bridgehead atoms. The predicted molar refractivity (Wildman–Crippen MR) is 56.6 cm³/mol. The van der Waals surface area contributed by atoms with Crippen molar-refractivity contribution in [3.63, 3.8) is 0 Å². The number of carbonyl (C=O) groups is 2. The molecule has 0 aromatic heterocycles. The molecule has 18 heavy (non-hydrogen) atoms.